The fourth-order valence-corrected chi connectivity index (χ4v) is 4.42. The average Bonchev–Trinajstić information content (AvgIpc) is 3.16. The Morgan fingerprint density at radius 1 is 0.914 bits per heavy atom. The van der Waals surface area contributed by atoms with Gasteiger partial charge in [0, 0.05) is 24.6 Å². The van der Waals surface area contributed by atoms with Crippen molar-refractivity contribution in [2.45, 2.75) is 31.6 Å². The number of hydrogen-bond donors (Lipinski definition) is 3. The number of rotatable bonds is 9. The zero-order valence-electron chi connectivity index (χ0n) is 19.5. The summed E-state index contributed by atoms with van der Waals surface area (Å²) < 4.78 is 5.58. The minimum atomic E-state index is -0.946. The normalized spacial score (nSPS) is 12.8. The van der Waals surface area contributed by atoms with Crippen molar-refractivity contribution in [2.75, 3.05) is 18.5 Å². The molecule has 0 aromatic heterocycles. The van der Waals surface area contributed by atoms with Crippen molar-refractivity contribution < 1.29 is 24.2 Å². The Balaban J connectivity index is 1.29. The molecule has 3 aromatic rings. The molecule has 180 valence electrons. The maximum Gasteiger partial charge on any atom is 0.411 e. The van der Waals surface area contributed by atoms with Crippen molar-refractivity contribution in [1.29, 1.82) is 0 Å². The van der Waals surface area contributed by atoms with Crippen LogP contribution in [0.4, 0.5) is 10.5 Å². The Hall–Kier alpha value is -4.13. The lowest BCUT2D eigenvalue weighted by molar-refractivity contribution is -0.136. The molecule has 35 heavy (non-hydrogen) atoms. The molecule has 1 aliphatic rings. The summed E-state index contributed by atoms with van der Waals surface area (Å²) in [6.07, 6.45) is -0.375. The molecule has 3 aromatic carbocycles. The van der Waals surface area contributed by atoms with Crippen LogP contribution in [-0.4, -0.2) is 36.2 Å². The van der Waals surface area contributed by atoms with E-state index in [4.69, 9.17) is 9.84 Å². The molecule has 0 fully saturated rings. The van der Waals surface area contributed by atoms with E-state index in [0.717, 1.165) is 16.7 Å². The number of carboxylic acids is 1. The molecule has 1 atom stereocenters. The molecule has 1 aliphatic carbocycles. The van der Waals surface area contributed by atoms with Crippen LogP contribution in [0.2, 0.25) is 0 Å². The molecule has 0 spiro atoms. The van der Waals surface area contributed by atoms with Gasteiger partial charge in [-0.1, -0.05) is 67.6 Å². The first-order valence-corrected chi connectivity index (χ1v) is 11.6. The van der Waals surface area contributed by atoms with Gasteiger partial charge in [0.25, 0.3) is 0 Å². The third-order valence-corrected chi connectivity index (χ3v) is 6.22. The van der Waals surface area contributed by atoms with E-state index in [2.05, 4.69) is 34.9 Å². The summed E-state index contributed by atoms with van der Waals surface area (Å²) in [5.74, 6) is -1.20. The predicted octanol–water partition coefficient (Wildman–Crippen LogP) is 5.13. The Kier molecular flexibility index (Phi) is 7.45. The summed E-state index contributed by atoms with van der Waals surface area (Å²) in [6.45, 7) is 2.28. The molecule has 7 nitrogen and oxygen atoms in total. The smallest absolute Gasteiger partial charge is 0.411 e. The van der Waals surface area contributed by atoms with Gasteiger partial charge >= 0.3 is 12.1 Å². The van der Waals surface area contributed by atoms with Gasteiger partial charge in [-0.25, -0.2) is 4.79 Å². The SMILES string of the molecule is CC(CC(=O)NCCC(=O)O)c1ccc(NC(=O)OCC2c3ccccc3-c3ccccc32)cc1. The van der Waals surface area contributed by atoms with Gasteiger partial charge in [-0.15, -0.1) is 0 Å². The second-order valence-electron chi connectivity index (χ2n) is 8.67. The van der Waals surface area contributed by atoms with Gasteiger partial charge in [0.15, 0.2) is 0 Å². The second-order valence-corrected chi connectivity index (χ2v) is 8.67. The fraction of sp³-hybridized carbons (Fsp3) is 0.250. The number of carbonyl (C=O) groups is 3. The van der Waals surface area contributed by atoms with E-state index in [-0.39, 0.29) is 43.7 Å². The first-order valence-electron chi connectivity index (χ1n) is 11.6. The predicted molar refractivity (Wildman–Crippen MR) is 133 cm³/mol. The summed E-state index contributed by atoms with van der Waals surface area (Å²) >= 11 is 0. The second kappa shape index (κ2) is 10.9. The van der Waals surface area contributed by atoms with Crippen LogP contribution >= 0.6 is 0 Å². The van der Waals surface area contributed by atoms with E-state index >= 15 is 0 Å². The van der Waals surface area contributed by atoms with Gasteiger partial charge in [0.1, 0.15) is 6.61 Å². The van der Waals surface area contributed by atoms with Gasteiger partial charge in [0.2, 0.25) is 5.91 Å². The van der Waals surface area contributed by atoms with Crippen LogP contribution in [0.3, 0.4) is 0 Å². The molecule has 0 saturated carbocycles. The van der Waals surface area contributed by atoms with Crippen LogP contribution in [0, 0.1) is 0 Å². The Morgan fingerprint density at radius 2 is 1.51 bits per heavy atom. The van der Waals surface area contributed by atoms with Gasteiger partial charge in [0.05, 0.1) is 6.42 Å². The van der Waals surface area contributed by atoms with Gasteiger partial charge < -0.3 is 15.2 Å². The zero-order valence-corrected chi connectivity index (χ0v) is 19.5. The highest BCUT2D eigenvalue weighted by Crippen LogP contribution is 2.44. The average molecular weight is 473 g/mol. The number of fused-ring (bicyclic) bond motifs is 3. The van der Waals surface area contributed by atoms with E-state index in [0.29, 0.717) is 5.69 Å². The van der Waals surface area contributed by atoms with Crippen molar-refractivity contribution in [3.63, 3.8) is 0 Å². The number of nitrogens with one attached hydrogen (secondary N) is 2. The number of anilines is 1. The molecule has 0 radical (unpaired) electrons. The summed E-state index contributed by atoms with van der Waals surface area (Å²) in [5.41, 5.74) is 6.22. The third kappa shape index (κ3) is 5.87. The highest BCUT2D eigenvalue weighted by Gasteiger charge is 2.29. The van der Waals surface area contributed by atoms with Crippen LogP contribution in [0.25, 0.3) is 11.1 Å². The van der Waals surface area contributed by atoms with Crippen LogP contribution < -0.4 is 10.6 Å². The highest BCUT2D eigenvalue weighted by atomic mass is 16.5. The molecule has 0 bridgehead atoms. The molecule has 1 unspecified atom stereocenters. The number of aliphatic carboxylic acids is 1. The largest absolute Gasteiger partial charge is 0.481 e. The molecule has 3 N–H and O–H groups in total. The standard InChI is InChI=1S/C28H28N2O5/c1-18(16-26(31)29-15-14-27(32)33)19-10-12-20(13-11-19)30-28(34)35-17-25-23-8-4-2-6-21(23)22-7-3-5-9-24(22)25/h2-13,18,25H,14-17H2,1H3,(H,29,31)(H,30,34)(H,32,33). The maximum atomic E-state index is 12.5. The van der Waals surface area contributed by atoms with E-state index in [1.807, 2.05) is 43.3 Å². The van der Waals surface area contributed by atoms with E-state index in [9.17, 15) is 14.4 Å². The summed E-state index contributed by atoms with van der Waals surface area (Å²) in [6, 6.07) is 23.6. The number of ether oxygens (including phenoxy) is 1. The minimum absolute atomic E-state index is 0.00183. The van der Waals surface area contributed by atoms with Gasteiger partial charge in [-0.05, 0) is 45.9 Å². The number of benzene rings is 3. The molecule has 0 saturated heterocycles. The topological polar surface area (TPSA) is 105 Å². The van der Waals surface area contributed by atoms with Crippen LogP contribution in [-0.2, 0) is 14.3 Å². The lowest BCUT2D eigenvalue weighted by Gasteiger charge is -2.15. The molecular weight excluding hydrogens is 444 g/mol. The number of hydrogen-bond acceptors (Lipinski definition) is 4. The molecule has 2 amide bonds. The fourth-order valence-electron chi connectivity index (χ4n) is 4.42. The third-order valence-electron chi connectivity index (χ3n) is 6.22. The monoisotopic (exact) mass is 472 g/mol. The Morgan fingerprint density at radius 3 is 2.11 bits per heavy atom. The number of amides is 2. The van der Waals surface area contributed by atoms with Crippen LogP contribution in [0.5, 0.6) is 0 Å². The molecule has 4 rings (SSSR count). The first kappa shape index (κ1) is 24.0. The van der Waals surface area contributed by atoms with Crippen molar-refractivity contribution in [3.05, 3.63) is 89.5 Å². The van der Waals surface area contributed by atoms with Crippen molar-refractivity contribution in [1.82, 2.24) is 5.32 Å². The number of carbonyl (C=O) groups excluding carboxylic acids is 2. The molecule has 7 heteroatoms. The Labute approximate surface area is 204 Å². The zero-order chi connectivity index (χ0) is 24.8. The van der Waals surface area contributed by atoms with Crippen molar-refractivity contribution in [3.8, 4) is 11.1 Å². The van der Waals surface area contributed by atoms with E-state index in [1.165, 1.54) is 11.1 Å². The summed E-state index contributed by atoms with van der Waals surface area (Å²) in [4.78, 5) is 35.0. The summed E-state index contributed by atoms with van der Waals surface area (Å²) in [7, 11) is 0. The van der Waals surface area contributed by atoms with E-state index in [1.54, 1.807) is 12.1 Å². The minimum Gasteiger partial charge on any atom is -0.481 e. The van der Waals surface area contributed by atoms with Crippen molar-refractivity contribution >= 4 is 23.7 Å². The van der Waals surface area contributed by atoms with Gasteiger partial charge in [-0.2, -0.15) is 0 Å². The van der Waals surface area contributed by atoms with Crippen LogP contribution in [0.15, 0.2) is 72.8 Å². The lowest BCUT2D eigenvalue weighted by atomic mass is 9.97. The molecular formula is C28H28N2O5. The number of carboxylic acid groups (broad SMARTS) is 1. The first-order chi connectivity index (χ1) is 16.9. The quantitative estimate of drug-likeness (QED) is 0.400. The van der Waals surface area contributed by atoms with Gasteiger partial charge in [-0.3, -0.25) is 14.9 Å². The lowest BCUT2D eigenvalue weighted by Crippen LogP contribution is -2.26. The molecule has 0 heterocycles. The summed E-state index contributed by atoms with van der Waals surface area (Å²) in [5, 5.41) is 14.0. The van der Waals surface area contributed by atoms with E-state index < -0.39 is 12.1 Å². The Bertz CT molecular complexity index is 1180. The highest BCUT2D eigenvalue weighted by molar-refractivity contribution is 5.85. The maximum absolute atomic E-state index is 12.5. The van der Waals surface area contributed by atoms with Crippen molar-refractivity contribution in [2.24, 2.45) is 0 Å². The molecule has 0 aliphatic heterocycles. The van der Waals surface area contributed by atoms with Crippen LogP contribution in [0.1, 0.15) is 48.3 Å².